The summed E-state index contributed by atoms with van der Waals surface area (Å²) in [6.45, 7) is 4.13. The Hall–Kier alpha value is -1.98. The predicted molar refractivity (Wildman–Crippen MR) is 72.4 cm³/mol. The van der Waals surface area contributed by atoms with E-state index in [1.54, 1.807) is 18.2 Å². The Bertz CT molecular complexity index is 563. The minimum absolute atomic E-state index is 0.179. The number of hydrogen-bond acceptors (Lipinski definition) is 4. The molecule has 92 valence electrons. The second-order valence-corrected chi connectivity index (χ2v) is 4.13. The smallest absolute Gasteiger partial charge is 0.336 e. The average molecular weight is 261 g/mol. The molecule has 2 N–H and O–H groups in total. The third-order valence-corrected chi connectivity index (χ3v) is 3.08. The zero-order valence-electron chi connectivity index (χ0n) is 9.47. The predicted octanol–water partition coefficient (Wildman–Crippen LogP) is 2.16. The van der Waals surface area contributed by atoms with E-state index in [4.69, 9.17) is 22.2 Å². The Balaban J connectivity index is 2.49. The van der Waals surface area contributed by atoms with Gasteiger partial charge in [-0.3, -0.25) is 0 Å². The number of hydrogen-bond donors (Lipinski definition) is 2. The second kappa shape index (κ2) is 5.12. The normalized spacial score (nSPS) is 13.7. The van der Waals surface area contributed by atoms with Crippen LogP contribution in [0.4, 0.5) is 0 Å². The highest BCUT2D eigenvalue weighted by Gasteiger charge is 2.19. The van der Waals surface area contributed by atoms with Gasteiger partial charge >= 0.3 is 5.97 Å². The van der Waals surface area contributed by atoms with Crippen molar-refractivity contribution in [1.82, 2.24) is 5.48 Å². The molecule has 0 spiro atoms. The molecular formula is C13H11NO3S. The van der Waals surface area contributed by atoms with Crippen LogP contribution < -0.4 is 5.48 Å². The van der Waals surface area contributed by atoms with Crippen molar-refractivity contribution in [1.29, 1.82) is 0 Å². The summed E-state index contributed by atoms with van der Waals surface area (Å²) in [5.41, 5.74) is 4.92. The lowest BCUT2D eigenvalue weighted by Gasteiger charge is -2.08. The molecule has 0 fully saturated rings. The molecule has 0 atom stereocenters. The minimum Gasteiger partial charge on any atom is -0.478 e. The van der Waals surface area contributed by atoms with Gasteiger partial charge in [0.2, 0.25) is 0 Å². The van der Waals surface area contributed by atoms with E-state index in [-0.39, 0.29) is 5.56 Å². The maximum absolute atomic E-state index is 11.2. The largest absolute Gasteiger partial charge is 0.478 e. The Morgan fingerprint density at radius 1 is 1.50 bits per heavy atom. The summed E-state index contributed by atoms with van der Waals surface area (Å²) in [7, 11) is 0. The van der Waals surface area contributed by atoms with E-state index in [0.29, 0.717) is 17.0 Å². The number of nitrogens with one attached hydrogen (secondary N) is 1. The first-order valence-electron chi connectivity index (χ1n) is 5.25. The highest BCUT2D eigenvalue weighted by molar-refractivity contribution is 7.81. The molecule has 0 bridgehead atoms. The molecule has 0 unspecified atom stereocenters. The zero-order valence-corrected chi connectivity index (χ0v) is 10.3. The van der Waals surface area contributed by atoms with Crippen molar-refractivity contribution < 1.29 is 14.7 Å². The van der Waals surface area contributed by atoms with Crippen molar-refractivity contribution in [2.45, 2.75) is 0 Å². The number of aromatic carboxylic acids is 1. The van der Waals surface area contributed by atoms with E-state index < -0.39 is 5.97 Å². The number of carboxylic acid groups (broad SMARTS) is 1. The summed E-state index contributed by atoms with van der Waals surface area (Å²) in [5.74, 6) is -1.00. The van der Waals surface area contributed by atoms with E-state index in [2.05, 4.69) is 12.1 Å². The van der Waals surface area contributed by atoms with Crippen molar-refractivity contribution in [3.63, 3.8) is 0 Å². The number of carboxylic acids is 1. The molecule has 1 aliphatic rings. The summed E-state index contributed by atoms with van der Waals surface area (Å²) in [4.78, 5) is 16.6. The van der Waals surface area contributed by atoms with Crippen molar-refractivity contribution >= 4 is 29.1 Å². The number of carbonyl (C=O) groups is 1. The van der Waals surface area contributed by atoms with E-state index >= 15 is 0 Å². The summed E-state index contributed by atoms with van der Waals surface area (Å²) < 4.78 is 0. The first kappa shape index (κ1) is 12.5. The molecule has 1 heterocycles. The second-order valence-electron chi connectivity index (χ2n) is 3.73. The van der Waals surface area contributed by atoms with E-state index in [1.807, 2.05) is 0 Å². The van der Waals surface area contributed by atoms with Crippen LogP contribution in [-0.4, -0.2) is 22.5 Å². The van der Waals surface area contributed by atoms with Crippen LogP contribution in [0, 0.1) is 0 Å². The molecule has 0 saturated heterocycles. The van der Waals surface area contributed by atoms with Gasteiger partial charge in [-0.1, -0.05) is 30.9 Å². The fourth-order valence-electron chi connectivity index (χ4n) is 1.64. The van der Waals surface area contributed by atoms with Gasteiger partial charge in [0.1, 0.15) is 6.26 Å². The van der Waals surface area contributed by atoms with Crippen molar-refractivity contribution in [2.24, 2.45) is 0 Å². The summed E-state index contributed by atoms with van der Waals surface area (Å²) in [6, 6.07) is 4.95. The average Bonchev–Trinajstić information content (AvgIpc) is 2.90. The molecule has 1 aliphatic heterocycles. The molecule has 4 nitrogen and oxygen atoms in total. The van der Waals surface area contributed by atoms with Gasteiger partial charge in [0.25, 0.3) is 0 Å². The molecule has 0 aliphatic carbocycles. The Labute approximate surface area is 110 Å². The third-order valence-electron chi connectivity index (χ3n) is 2.59. The molecule has 0 amide bonds. The van der Waals surface area contributed by atoms with Crippen LogP contribution in [0.3, 0.4) is 0 Å². The van der Waals surface area contributed by atoms with Crippen molar-refractivity contribution in [3.05, 3.63) is 53.3 Å². The first-order chi connectivity index (χ1) is 8.63. The fraction of sp³-hybridized carbons (Fsp3) is 0.0769. The van der Waals surface area contributed by atoms with E-state index in [0.717, 1.165) is 11.1 Å². The lowest BCUT2D eigenvalue weighted by atomic mass is 9.97. The van der Waals surface area contributed by atoms with Crippen molar-refractivity contribution in [3.8, 4) is 0 Å². The van der Waals surface area contributed by atoms with Crippen molar-refractivity contribution in [2.75, 3.05) is 6.54 Å². The van der Waals surface area contributed by atoms with Gasteiger partial charge < -0.3 is 9.94 Å². The molecule has 18 heavy (non-hydrogen) atoms. The highest BCUT2D eigenvalue weighted by Crippen LogP contribution is 2.19. The van der Waals surface area contributed by atoms with Crippen LogP contribution in [0.1, 0.15) is 21.5 Å². The molecule has 0 saturated carbocycles. The van der Waals surface area contributed by atoms with Gasteiger partial charge in [0.15, 0.2) is 0 Å². The van der Waals surface area contributed by atoms with Gasteiger partial charge in [-0.2, -0.15) is 5.48 Å². The van der Waals surface area contributed by atoms with Gasteiger partial charge in [0.05, 0.1) is 17.0 Å². The third kappa shape index (κ3) is 2.32. The first-order valence-corrected chi connectivity index (χ1v) is 5.66. The summed E-state index contributed by atoms with van der Waals surface area (Å²) in [6.07, 6.45) is 3.14. The van der Waals surface area contributed by atoms with Crippen LogP contribution in [0.5, 0.6) is 0 Å². The standard InChI is InChI=1S/C13H11NO3S/c1-2-8-3-4-10(13(15)16)11(5-8)12(18)9-6-14-17-7-9/h2-5,7,14H,1,6H2,(H,15,16). The topological polar surface area (TPSA) is 58.6 Å². The van der Waals surface area contributed by atoms with Crippen LogP contribution in [0.15, 0.2) is 36.6 Å². The molecule has 2 rings (SSSR count). The van der Waals surface area contributed by atoms with Crippen LogP contribution in [0.2, 0.25) is 0 Å². The van der Waals surface area contributed by atoms with Crippen LogP contribution >= 0.6 is 12.2 Å². The SMILES string of the molecule is C=Cc1ccc(C(=O)O)c(C(=S)C2=CONC2)c1. The minimum atomic E-state index is -1.00. The molecule has 1 aromatic carbocycles. The summed E-state index contributed by atoms with van der Waals surface area (Å²) >= 11 is 5.31. The van der Waals surface area contributed by atoms with Gasteiger partial charge in [-0.15, -0.1) is 0 Å². The van der Waals surface area contributed by atoms with E-state index in [9.17, 15) is 4.79 Å². The fourth-order valence-corrected chi connectivity index (χ4v) is 1.93. The van der Waals surface area contributed by atoms with Crippen LogP contribution in [0.25, 0.3) is 6.08 Å². The van der Waals surface area contributed by atoms with Gasteiger partial charge in [0, 0.05) is 11.1 Å². The molecular weight excluding hydrogens is 250 g/mol. The Morgan fingerprint density at radius 2 is 2.28 bits per heavy atom. The number of thiocarbonyl (C=S) groups is 1. The molecule has 5 heteroatoms. The number of hydroxylamine groups is 1. The molecule has 1 aromatic rings. The Morgan fingerprint density at radius 3 is 2.83 bits per heavy atom. The molecule has 0 radical (unpaired) electrons. The number of rotatable bonds is 4. The maximum atomic E-state index is 11.2. The summed E-state index contributed by atoms with van der Waals surface area (Å²) in [5, 5.41) is 9.17. The lowest BCUT2D eigenvalue weighted by Crippen LogP contribution is -2.14. The van der Waals surface area contributed by atoms with Gasteiger partial charge in [-0.05, 0) is 17.7 Å². The quantitative estimate of drug-likeness (QED) is 0.642. The highest BCUT2D eigenvalue weighted by atomic mass is 32.1. The maximum Gasteiger partial charge on any atom is 0.336 e. The van der Waals surface area contributed by atoms with Crippen LogP contribution in [-0.2, 0) is 4.84 Å². The van der Waals surface area contributed by atoms with Gasteiger partial charge in [-0.25, -0.2) is 4.79 Å². The van der Waals surface area contributed by atoms with E-state index in [1.165, 1.54) is 12.3 Å². The number of benzene rings is 1. The molecule has 0 aromatic heterocycles. The lowest BCUT2D eigenvalue weighted by molar-refractivity contribution is 0.0696. The Kier molecular flexibility index (Phi) is 3.55. The monoisotopic (exact) mass is 261 g/mol. The zero-order chi connectivity index (χ0) is 13.1.